The third kappa shape index (κ3) is 8.06. The molecule has 2 aliphatic rings. The Hall–Kier alpha value is -1.33. The molecule has 1 saturated carbocycles. The van der Waals surface area contributed by atoms with E-state index in [1.807, 2.05) is 19.1 Å². The summed E-state index contributed by atoms with van der Waals surface area (Å²) in [4.78, 5) is 4.41. The Balaban J connectivity index is 0.000000199. The zero-order valence-electron chi connectivity index (χ0n) is 17.8. The van der Waals surface area contributed by atoms with Crippen LogP contribution in [0.4, 0.5) is 11.5 Å². The van der Waals surface area contributed by atoms with Crippen LogP contribution in [-0.2, 0) is 4.74 Å². The molecule has 1 aromatic rings. The lowest BCUT2D eigenvalue weighted by atomic mass is 9.76. The van der Waals surface area contributed by atoms with Crippen LogP contribution in [0.25, 0.3) is 0 Å². The lowest BCUT2D eigenvalue weighted by Gasteiger charge is -2.34. The first-order chi connectivity index (χ1) is 12.9. The molecular formula is C22H40N4O. The average molecular weight is 377 g/mol. The first-order valence-corrected chi connectivity index (χ1v) is 10.7. The molecule has 1 aliphatic heterocycles. The van der Waals surface area contributed by atoms with Gasteiger partial charge in [0.2, 0.25) is 0 Å². The molecule has 0 atom stereocenters. The Morgan fingerprint density at radius 2 is 1.85 bits per heavy atom. The van der Waals surface area contributed by atoms with Crippen molar-refractivity contribution in [3.63, 3.8) is 0 Å². The fourth-order valence-corrected chi connectivity index (χ4v) is 3.67. The minimum Gasteiger partial charge on any atom is -0.396 e. The minimum atomic E-state index is 0.503. The van der Waals surface area contributed by atoms with Crippen LogP contribution in [0.2, 0.25) is 0 Å². The summed E-state index contributed by atoms with van der Waals surface area (Å²) in [7, 11) is 0. The fraction of sp³-hybridized carbons (Fsp3) is 0.773. The Morgan fingerprint density at radius 1 is 1.19 bits per heavy atom. The second kappa shape index (κ2) is 10.9. The van der Waals surface area contributed by atoms with Gasteiger partial charge in [0.15, 0.2) is 0 Å². The fourth-order valence-electron chi connectivity index (χ4n) is 3.67. The van der Waals surface area contributed by atoms with Crippen LogP contribution in [0.5, 0.6) is 0 Å². The molecule has 27 heavy (non-hydrogen) atoms. The number of ether oxygens (including phenoxy) is 1. The Morgan fingerprint density at radius 3 is 2.48 bits per heavy atom. The van der Waals surface area contributed by atoms with Crippen molar-refractivity contribution in [2.45, 2.75) is 84.8 Å². The number of pyridine rings is 1. The monoisotopic (exact) mass is 376 g/mol. The van der Waals surface area contributed by atoms with Gasteiger partial charge in [-0.25, -0.2) is 4.98 Å². The predicted octanol–water partition coefficient (Wildman–Crippen LogP) is 4.52. The summed E-state index contributed by atoms with van der Waals surface area (Å²) in [5.74, 6) is 0.835. The lowest BCUT2D eigenvalue weighted by molar-refractivity contribution is 0.00475. The van der Waals surface area contributed by atoms with Crippen LogP contribution in [0.15, 0.2) is 12.1 Å². The summed E-state index contributed by atoms with van der Waals surface area (Å²) < 4.78 is 5.73. The molecule has 5 nitrogen and oxygen atoms in total. The molecule has 4 N–H and O–H groups in total. The van der Waals surface area contributed by atoms with Crippen LogP contribution < -0.4 is 16.4 Å². The zero-order chi connectivity index (χ0) is 19.7. The molecular weight excluding hydrogens is 336 g/mol. The molecule has 0 bridgehead atoms. The number of nitrogens with one attached hydrogen (secondary N) is 2. The first kappa shape index (κ1) is 22.0. The van der Waals surface area contributed by atoms with E-state index in [-0.39, 0.29) is 0 Å². The van der Waals surface area contributed by atoms with Crippen LogP contribution >= 0.6 is 0 Å². The van der Waals surface area contributed by atoms with Crippen molar-refractivity contribution in [1.29, 1.82) is 0 Å². The molecule has 154 valence electrons. The van der Waals surface area contributed by atoms with Gasteiger partial charge in [-0.2, -0.15) is 0 Å². The highest BCUT2D eigenvalue weighted by molar-refractivity contribution is 5.61. The lowest BCUT2D eigenvalue weighted by Crippen LogP contribution is -2.35. The van der Waals surface area contributed by atoms with Crippen LogP contribution in [-0.4, -0.2) is 36.8 Å². The van der Waals surface area contributed by atoms with Gasteiger partial charge in [0.25, 0.3) is 0 Å². The van der Waals surface area contributed by atoms with Gasteiger partial charge in [0, 0.05) is 18.3 Å². The zero-order valence-corrected chi connectivity index (χ0v) is 17.8. The maximum Gasteiger partial charge on any atom is 0.149 e. The maximum atomic E-state index is 5.87. The van der Waals surface area contributed by atoms with Crippen molar-refractivity contribution in [1.82, 2.24) is 10.3 Å². The molecule has 0 spiro atoms. The van der Waals surface area contributed by atoms with Crippen molar-refractivity contribution in [3.05, 3.63) is 17.8 Å². The molecule has 2 heterocycles. The summed E-state index contributed by atoms with van der Waals surface area (Å²) in [6, 6.07) is 4.34. The van der Waals surface area contributed by atoms with Crippen molar-refractivity contribution < 1.29 is 4.74 Å². The molecule has 0 amide bonds. The van der Waals surface area contributed by atoms with E-state index in [4.69, 9.17) is 10.5 Å². The molecule has 1 aromatic heterocycles. The highest BCUT2D eigenvalue weighted by Gasteiger charge is 2.26. The van der Waals surface area contributed by atoms with E-state index in [1.165, 1.54) is 25.7 Å². The number of aromatic nitrogens is 1. The molecule has 0 radical (unpaired) electrons. The molecule has 1 aliphatic carbocycles. The highest BCUT2D eigenvalue weighted by atomic mass is 16.5. The molecule has 0 unspecified atom stereocenters. The van der Waals surface area contributed by atoms with Crippen LogP contribution in [0.1, 0.15) is 71.4 Å². The van der Waals surface area contributed by atoms with E-state index in [0.29, 0.717) is 17.6 Å². The molecule has 1 saturated heterocycles. The minimum absolute atomic E-state index is 0.503. The number of nitrogens with zero attached hydrogens (tertiary/aromatic N) is 1. The number of anilines is 2. The topological polar surface area (TPSA) is 72.2 Å². The number of rotatable bonds is 5. The van der Waals surface area contributed by atoms with E-state index in [9.17, 15) is 0 Å². The smallest absolute Gasteiger partial charge is 0.149 e. The summed E-state index contributed by atoms with van der Waals surface area (Å²) in [6.07, 6.45) is 9.20. The van der Waals surface area contributed by atoms with Gasteiger partial charge in [-0.05, 0) is 82.5 Å². The number of hydrogen-bond acceptors (Lipinski definition) is 5. The molecule has 0 aromatic carbocycles. The first-order valence-electron chi connectivity index (χ1n) is 10.7. The second-order valence-corrected chi connectivity index (χ2v) is 8.79. The number of nitrogens with two attached hydrogens (primary N) is 1. The SMILES string of the molecule is CCCOC1CCC(C)(C)CC1.Cc1ccc(N)c(NC2CCNCC2)n1. The van der Waals surface area contributed by atoms with Gasteiger partial charge in [-0.1, -0.05) is 20.8 Å². The number of piperidine rings is 1. The van der Waals surface area contributed by atoms with Gasteiger partial charge in [-0.15, -0.1) is 0 Å². The normalized spacial score (nSPS) is 20.6. The van der Waals surface area contributed by atoms with E-state index < -0.39 is 0 Å². The average Bonchev–Trinajstić information content (AvgIpc) is 2.65. The van der Waals surface area contributed by atoms with Gasteiger partial charge in [-0.3, -0.25) is 0 Å². The standard InChI is InChI=1S/C11H18N4.C11H22O/c1-8-2-3-10(12)11(14-8)15-9-4-6-13-7-5-9;1-4-9-12-10-5-7-11(2,3)8-6-10/h2-3,9,13H,4-7,12H2,1H3,(H,14,15);10H,4-9H2,1-3H3. The summed E-state index contributed by atoms with van der Waals surface area (Å²) in [6.45, 7) is 12.0. The van der Waals surface area contributed by atoms with Crippen molar-refractivity contribution in [3.8, 4) is 0 Å². The van der Waals surface area contributed by atoms with E-state index in [1.54, 1.807) is 0 Å². The quantitative estimate of drug-likeness (QED) is 0.705. The second-order valence-electron chi connectivity index (χ2n) is 8.79. The Kier molecular flexibility index (Phi) is 8.84. The highest BCUT2D eigenvalue weighted by Crippen LogP contribution is 2.36. The predicted molar refractivity (Wildman–Crippen MR) is 115 cm³/mol. The van der Waals surface area contributed by atoms with Crippen molar-refractivity contribution in [2.24, 2.45) is 5.41 Å². The molecule has 2 fully saturated rings. The Bertz CT molecular complexity index is 545. The van der Waals surface area contributed by atoms with Gasteiger partial charge in [0.1, 0.15) is 5.82 Å². The number of hydrogen-bond donors (Lipinski definition) is 3. The Labute approximate surface area is 165 Å². The van der Waals surface area contributed by atoms with Gasteiger partial charge in [0.05, 0.1) is 11.8 Å². The number of aryl methyl sites for hydroxylation is 1. The van der Waals surface area contributed by atoms with Crippen LogP contribution in [0, 0.1) is 12.3 Å². The van der Waals surface area contributed by atoms with Crippen LogP contribution in [0.3, 0.4) is 0 Å². The maximum absolute atomic E-state index is 5.87. The molecule has 5 heteroatoms. The van der Waals surface area contributed by atoms with Crippen molar-refractivity contribution in [2.75, 3.05) is 30.7 Å². The molecule has 3 rings (SSSR count). The summed E-state index contributed by atoms with van der Waals surface area (Å²) >= 11 is 0. The van der Waals surface area contributed by atoms with E-state index in [0.717, 1.165) is 56.2 Å². The van der Waals surface area contributed by atoms with Gasteiger partial charge < -0.3 is 21.1 Å². The van der Waals surface area contributed by atoms with E-state index >= 15 is 0 Å². The van der Waals surface area contributed by atoms with Gasteiger partial charge >= 0.3 is 0 Å². The third-order valence-electron chi connectivity index (χ3n) is 5.59. The summed E-state index contributed by atoms with van der Waals surface area (Å²) in [5, 5.41) is 6.75. The largest absolute Gasteiger partial charge is 0.396 e. The number of nitrogen functional groups attached to an aromatic ring is 1. The van der Waals surface area contributed by atoms with Crippen molar-refractivity contribution >= 4 is 11.5 Å². The third-order valence-corrected chi connectivity index (χ3v) is 5.59. The van der Waals surface area contributed by atoms with E-state index in [2.05, 4.69) is 36.4 Å². The summed E-state index contributed by atoms with van der Waals surface area (Å²) in [5.41, 5.74) is 8.18.